The van der Waals surface area contributed by atoms with E-state index in [1.165, 1.54) is 4.90 Å². The first kappa shape index (κ1) is 12.0. The van der Waals surface area contributed by atoms with E-state index in [-0.39, 0.29) is 6.03 Å². The summed E-state index contributed by atoms with van der Waals surface area (Å²) in [5, 5.41) is 9.16. The van der Waals surface area contributed by atoms with Gasteiger partial charge in [0.1, 0.15) is 6.04 Å². The predicted molar refractivity (Wildman–Crippen MR) is 70.3 cm³/mol. The summed E-state index contributed by atoms with van der Waals surface area (Å²) in [7, 11) is 0. The molecular formula is C14H16N2O3. The van der Waals surface area contributed by atoms with Gasteiger partial charge in [-0.2, -0.15) is 0 Å². The van der Waals surface area contributed by atoms with E-state index in [1.807, 2.05) is 24.3 Å². The van der Waals surface area contributed by atoms with Crippen LogP contribution in [0.4, 0.5) is 10.5 Å². The van der Waals surface area contributed by atoms with Crippen LogP contribution < -0.4 is 4.90 Å². The maximum atomic E-state index is 12.5. The van der Waals surface area contributed by atoms with Gasteiger partial charge in [-0.3, -0.25) is 4.90 Å². The van der Waals surface area contributed by atoms with Crippen LogP contribution in [0.15, 0.2) is 24.3 Å². The molecule has 2 aliphatic rings. The maximum absolute atomic E-state index is 12.5. The number of nitrogens with zero attached hydrogens (tertiary/aromatic N) is 2. The molecule has 19 heavy (non-hydrogen) atoms. The van der Waals surface area contributed by atoms with Gasteiger partial charge in [0, 0.05) is 18.8 Å². The number of anilines is 1. The highest BCUT2D eigenvalue weighted by Gasteiger charge is 2.38. The highest BCUT2D eigenvalue weighted by Crippen LogP contribution is 2.30. The lowest BCUT2D eigenvalue weighted by molar-refractivity contribution is -0.141. The summed E-state index contributed by atoms with van der Waals surface area (Å²) in [6.07, 6.45) is 2.16. The summed E-state index contributed by atoms with van der Waals surface area (Å²) in [6.45, 7) is 1.18. The lowest BCUT2D eigenvalue weighted by atomic mass is 10.2. The quantitative estimate of drug-likeness (QED) is 0.836. The molecule has 5 nitrogen and oxygen atoms in total. The summed E-state index contributed by atoms with van der Waals surface area (Å²) < 4.78 is 0. The molecule has 0 aromatic heterocycles. The number of carbonyl (C=O) groups excluding carboxylic acids is 1. The normalized spacial score (nSPS) is 21.6. The molecule has 2 amide bonds. The van der Waals surface area contributed by atoms with Crippen LogP contribution in [0.5, 0.6) is 0 Å². The number of aliphatic carboxylic acids is 1. The van der Waals surface area contributed by atoms with Gasteiger partial charge in [-0.15, -0.1) is 0 Å². The Morgan fingerprint density at radius 3 is 2.79 bits per heavy atom. The number of fused-ring (bicyclic) bond motifs is 1. The van der Waals surface area contributed by atoms with Gasteiger partial charge in [0.2, 0.25) is 0 Å². The zero-order chi connectivity index (χ0) is 13.4. The minimum Gasteiger partial charge on any atom is -0.480 e. The van der Waals surface area contributed by atoms with E-state index < -0.39 is 12.0 Å². The third-order valence-corrected chi connectivity index (χ3v) is 3.90. The molecule has 1 saturated heterocycles. The molecule has 5 heteroatoms. The van der Waals surface area contributed by atoms with Crippen molar-refractivity contribution in [3.05, 3.63) is 29.8 Å². The lowest BCUT2D eigenvalue weighted by Gasteiger charge is -2.27. The molecule has 0 unspecified atom stereocenters. The van der Waals surface area contributed by atoms with Crippen LogP contribution in [0.25, 0.3) is 0 Å². The van der Waals surface area contributed by atoms with Gasteiger partial charge in [-0.25, -0.2) is 9.59 Å². The maximum Gasteiger partial charge on any atom is 0.326 e. The minimum absolute atomic E-state index is 0.171. The number of benzene rings is 1. The van der Waals surface area contributed by atoms with Crippen molar-refractivity contribution in [2.24, 2.45) is 0 Å². The Morgan fingerprint density at radius 1 is 1.21 bits per heavy atom. The Morgan fingerprint density at radius 2 is 2.00 bits per heavy atom. The van der Waals surface area contributed by atoms with Gasteiger partial charge >= 0.3 is 12.0 Å². The molecule has 1 aromatic carbocycles. The minimum atomic E-state index is -0.904. The smallest absolute Gasteiger partial charge is 0.326 e. The van der Waals surface area contributed by atoms with Crippen LogP contribution in [0, 0.1) is 0 Å². The second kappa shape index (κ2) is 4.57. The Labute approximate surface area is 111 Å². The van der Waals surface area contributed by atoms with Gasteiger partial charge in [-0.1, -0.05) is 18.2 Å². The fourth-order valence-corrected chi connectivity index (χ4v) is 2.94. The van der Waals surface area contributed by atoms with E-state index in [9.17, 15) is 9.59 Å². The number of hydrogen-bond donors (Lipinski definition) is 1. The van der Waals surface area contributed by atoms with Crippen LogP contribution in [-0.4, -0.2) is 41.1 Å². The first-order valence-electron chi connectivity index (χ1n) is 6.57. The summed E-state index contributed by atoms with van der Waals surface area (Å²) in [4.78, 5) is 26.9. The van der Waals surface area contributed by atoms with Gasteiger partial charge in [0.05, 0.1) is 0 Å². The number of carboxylic acid groups (broad SMARTS) is 1. The monoisotopic (exact) mass is 260 g/mol. The highest BCUT2D eigenvalue weighted by atomic mass is 16.4. The first-order valence-corrected chi connectivity index (χ1v) is 6.57. The van der Waals surface area contributed by atoms with E-state index >= 15 is 0 Å². The fourth-order valence-electron chi connectivity index (χ4n) is 2.94. The predicted octanol–water partition coefficient (Wildman–Crippen LogP) is 1.72. The molecule has 100 valence electrons. The molecule has 2 heterocycles. The number of urea groups is 1. The fraction of sp³-hybridized carbons (Fsp3) is 0.429. The number of rotatable bonds is 1. The van der Waals surface area contributed by atoms with Gasteiger partial charge in [-0.05, 0) is 30.9 Å². The molecule has 0 radical (unpaired) electrons. The Bertz CT molecular complexity index is 529. The molecule has 0 saturated carbocycles. The van der Waals surface area contributed by atoms with Crippen LogP contribution in [0.3, 0.4) is 0 Å². The number of amides is 2. The van der Waals surface area contributed by atoms with Crippen LogP contribution in [0.1, 0.15) is 18.4 Å². The molecule has 0 bridgehead atoms. The van der Waals surface area contributed by atoms with Crippen molar-refractivity contribution >= 4 is 17.7 Å². The SMILES string of the molecule is O=C(O)[C@@H]1CCCN1C(=O)N1CCc2ccccc21. The molecular weight excluding hydrogens is 244 g/mol. The van der Waals surface area contributed by atoms with E-state index in [0.29, 0.717) is 19.5 Å². The number of para-hydroxylation sites is 1. The highest BCUT2D eigenvalue weighted by molar-refractivity contribution is 5.96. The Balaban J connectivity index is 1.84. The molecule has 3 rings (SSSR count). The number of carbonyl (C=O) groups is 2. The third-order valence-electron chi connectivity index (χ3n) is 3.90. The van der Waals surface area contributed by atoms with Gasteiger partial charge in [0.25, 0.3) is 0 Å². The molecule has 0 spiro atoms. The summed E-state index contributed by atoms with van der Waals surface area (Å²) in [5.41, 5.74) is 2.07. The van der Waals surface area contributed by atoms with Crippen LogP contribution in [0.2, 0.25) is 0 Å². The van der Waals surface area contributed by atoms with Crippen LogP contribution >= 0.6 is 0 Å². The van der Waals surface area contributed by atoms with Gasteiger partial charge in [0.15, 0.2) is 0 Å². The summed E-state index contributed by atoms with van der Waals surface area (Å²) >= 11 is 0. The average molecular weight is 260 g/mol. The Kier molecular flexibility index (Phi) is 2.89. The number of hydrogen-bond acceptors (Lipinski definition) is 2. The van der Waals surface area contributed by atoms with Crippen molar-refractivity contribution in [3.8, 4) is 0 Å². The Hall–Kier alpha value is -2.04. The molecule has 1 atom stereocenters. The van der Waals surface area contributed by atoms with Crippen molar-refractivity contribution in [1.29, 1.82) is 0 Å². The molecule has 1 aromatic rings. The second-order valence-corrected chi connectivity index (χ2v) is 5.00. The topological polar surface area (TPSA) is 60.9 Å². The second-order valence-electron chi connectivity index (χ2n) is 5.00. The third kappa shape index (κ3) is 1.95. The number of likely N-dealkylation sites (tertiary alicyclic amines) is 1. The van der Waals surface area contributed by atoms with Crippen LogP contribution in [-0.2, 0) is 11.2 Å². The molecule has 1 fully saturated rings. The molecule has 1 N–H and O–H groups in total. The lowest BCUT2D eigenvalue weighted by Crippen LogP contribution is -2.47. The molecule has 0 aliphatic carbocycles. The largest absolute Gasteiger partial charge is 0.480 e. The zero-order valence-electron chi connectivity index (χ0n) is 10.6. The summed E-state index contributed by atoms with van der Waals surface area (Å²) in [6, 6.07) is 6.97. The van der Waals surface area contributed by atoms with Gasteiger partial charge < -0.3 is 10.0 Å². The number of carboxylic acids is 1. The van der Waals surface area contributed by atoms with Crippen molar-refractivity contribution in [3.63, 3.8) is 0 Å². The van der Waals surface area contributed by atoms with E-state index in [2.05, 4.69) is 0 Å². The van der Waals surface area contributed by atoms with E-state index in [0.717, 1.165) is 24.1 Å². The molecule has 2 aliphatic heterocycles. The summed E-state index contributed by atoms with van der Waals surface area (Å²) in [5.74, 6) is -0.904. The standard InChI is InChI=1S/C14H16N2O3/c17-13(18)12-6-3-8-15(12)14(19)16-9-7-10-4-1-2-5-11(10)16/h1-2,4-5,12H,3,6-9H2,(H,17,18)/t12-/m0/s1. The van der Waals surface area contributed by atoms with E-state index in [1.54, 1.807) is 4.90 Å². The average Bonchev–Trinajstić information content (AvgIpc) is 3.05. The first-order chi connectivity index (χ1) is 9.18. The van der Waals surface area contributed by atoms with E-state index in [4.69, 9.17) is 5.11 Å². The zero-order valence-corrected chi connectivity index (χ0v) is 10.6. The van der Waals surface area contributed by atoms with Crippen molar-refractivity contribution in [2.75, 3.05) is 18.0 Å². The van der Waals surface area contributed by atoms with Crippen molar-refractivity contribution < 1.29 is 14.7 Å². The van der Waals surface area contributed by atoms with Crippen molar-refractivity contribution in [1.82, 2.24) is 4.90 Å². The van der Waals surface area contributed by atoms with Crippen molar-refractivity contribution in [2.45, 2.75) is 25.3 Å².